The zero-order valence-corrected chi connectivity index (χ0v) is 12.8. The summed E-state index contributed by atoms with van der Waals surface area (Å²) in [7, 11) is 0. The topological polar surface area (TPSA) is 24.7 Å². The Morgan fingerprint density at radius 3 is 2.73 bits per heavy atom. The molecule has 1 heterocycles. The van der Waals surface area contributed by atoms with E-state index in [4.69, 9.17) is 9.98 Å². The van der Waals surface area contributed by atoms with Crippen molar-refractivity contribution in [1.82, 2.24) is 0 Å². The molecule has 2 unspecified atom stereocenters. The van der Waals surface area contributed by atoms with Crippen molar-refractivity contribution in [2.45, 2.75) is 19.9 Å². The number of amidine groups is 1. The lowest BCUT2D eigenvalue weighted by molar-refractivity contribution is 0.513. The molecule has 0 saturated carbocycles. The number of hydrogen-bond acceptors (Lipinski definition) is 2. The molecule has 2 heteroatoms. The third-order valence-corrected chi connectivity index (χ3v) is 4.62. The van der Waals surface area contributed by atoms with Crippen molar-refractivity contribution >= 4 is 22.3 Å². The van der Waals surface area contributed by atoms with Gasteiger partial charge < -0.3 is 0 Å². The fraction of sp³-hybridized carbons (Fsp3) is 0.200. The van der Waals surface area contributed by atoms with Gasteiger partial charge in [-0.05, 0) is 24.6 Å². The van der Waals surface area contributed by atoms with Crippen LogP contribution in [0.1, 0.15) is 19.4 Å². The molecule has 4 rings (SSSR count). The lowest BCUT2D eigenvalue weighted by Crippen LogP contribution is -2.41. The van der Waals surface area contributed by atoms with Crippen LogP contribution < -0.4 is 0 Å². The van der Waals surface area contributed by atoms with Crippen LogP contribution in [0.15, 0.2) is 76.8 Å². The van der Waals surface area contributed by atoms with Crippen LogP contribution in [0.3, 0.4) is 0 Å². The Hall–Kier alpha value is -2.48. The minimum absolute atomic E-state index is 0.129. The zero-order chi connectivity index (χ0) is 15.2. The third kappa shape index (κ3) is 1.87. The summed E-state index contributed by atoms with van der Waals surface area (Å²) in [5.74, 6) is 0.852. The van der Waals surface area contributed by atoms with Gasteiger partial charge in [-0.25, -0.2) is 4.99 Å². The maximum Gasteiger partial charge on any atom is 0.121 e. The summed E-state index contributed by atoms with van der Waals surface area (Å²) in [5.41, 5.74) is 2.14. The maximum absolute atomic E-state index is 4.84. The van der Waals surface area contributed by atoms with Crippen LogP contribution in [-0.4, -0.2) is 17.6 Å². The summed E-state index contributed by atoms with van der Waals surface area (Å²) in [4.78, 5) is 9.56. The Bertz CT molecular complexity index is 865. The van der Waals surface area contributed by atoms with Crippen LogP contribution in [-0.2, 0) is 0 Å². The zero-order valence-electron chi connectivity index (χ0n) is 12.8. The molecule has 2 aromatic rings. The van der Waals surface area contributed by atoms with Crippen molar-refractivity contribution in [2.24, 2.45) is 15.4 Å². The molecule has 1 aliphatic heterocycles. The molecule has 2 aromatic carbocycles. The average molecular weight is 286 g/mol. The van der Waals surface area contributed by atoms with Crippen LogP contribution in [0.4, 0.5) is 0 Å². The van der Waals surface area contributed by atoms with E-state index in [1.54, 1.807) is 0 Å². The lowest BCUT2D eigenvalue weighted by atomic mass is 9.72. The first-order chi connectivity index (χ1) is 10.7. The van der Waals surface area contributed by atoms with E-state index in [1.165, 1.54) is 16.3 Å². The highest BCUT2D eigenvalue weighted by molar-refractivity contribution is 6.19. The summed E-state index contributed by atoms with van der Waals surface area (Å²) in [6.45, 7) is 4.21. The Labute approximate surface area is 130 Å². The van der Waals surface area contributed by atoms with Crippen LogP contribution >= 0.6 is 0 Å². The summed E-state index contributed by atoms with van der Waals surface area (Å²) in [6, 6.07) is 15.1. The average Bonchev–Trinajstić information content (AvgIpc) is 2.54. The van der Waals surface area contributed by atoms with Crippen LogP contribution in [0.2, 0.25) is 0 Å². The van der Waals surface area contributed by atoms with E-state index in [-0.39, 0.29) is 11.5 Å². The van der Waals surface area contributed by atoms with Gasteiger partial charge in [0.1, 0.15) is 5.84 Å². The smallest absolute Gasteiger partial charge is 0.121 e. The Morgan fingerprint density at radius 2 is 1.82 bits per heavy atom. The van der Waals surface area contributed by atoms with Gasteiger partial charge in [0, 0.05) is 5.56 Å². The summed E-state index contributed by atoms with van der Waals surface area (Å²) in [5, 5.41) is 2.50. The van der Waals surface area contributed by atoms with Gasteiger partial charge in [0.15, 0.2) is 0 Å². The summed E-state index contributed by atoms with van der Waals surface area (Å²) < 4.78 is 0. The van der Waals surface area contributed by atoms with E-state index >= 15 is 0 Å². The number of hydrogen-bond donors (Lipinski definition) is 0. The van der Waals surface area contributed by atoms with Crippen molar-refractivity contribution in [3.63, 3.8) is 0 Å². The number of nitrogens with zero attached hydrogens (tertiary/aromatic N) is 2. The molecular formula is C20H18N2. The number of fused-ring (bicyclic) bond motifs is 2. The van der Waals surface area contributed by atoms with Crippen LogP contribution in [0.5, 0.6) is 0 Å². The first-order valence-electron chi connectivity index (χ1n) is 7.66. The monoisotopic (exact) mass is 286 g/mol. The highest BCUT2D eigenvalue weighted by atomic mass is 15.0. The lowest BCUT2D eigenvalue weighted by Gasteiger charge is -2.37. The van der Waals surface area contributed by atoms with Crippen molar-refractivity contribution in [3.05, 3.63) is 72.3 Å². The molecule has 0 spiro atoms. The van der Waals surface area contributed by atoms with E-state index in [1.807, 2.05) is 6.92 Å². The fourth-order valence-corrected chi connectivity index (χ4v) is 3.41. The van der Waals surface area contributed by atoms with Crippen LogP contribution in [0, 0.1) is 5.41 Å². The second kappa shape index (κ2) is 4.77. The van der Waals surface area contributed by atoms with Crippen molar-refractivity contribution in [2.75, 3.05) is 0 Å². The molecule has 0 bridgehead atoms. The van der Waals surface area contributed by atoms with E-state index in [0.29, 0.717) is 0 Å². The SMILES string of the molecule is CC1=NC2C=CC=CC2(C)C(c2cccc3ccccc23)=N1. The first kappa shape index (κ1) is 13.2. The highest BCUT2D eigenvalue weighted by Crippen LogP contribution is 2.38. The summed E-state index contributed by atoms with van der Waals surface area (Å²) >= 11 is 0. The molecule has 0 aromatic heterocycles. The van der Waals surface area contributed by atoms with Crippen molar-refractivity contribution in [1.29, 1.82) is 0 Å². The normalized spacial score (nSPS) is 26.5. The van der Waals surface area contributed by atoms with Gasteiger partial charge in [-0.1, -0.05) is 66.8 Å². The van der Waals surface area contributed by atoms with Gasteiger partial charge in [0.25, 0.3) is 0 Å². The van der Waals surface area contributed by atoms with Gasteiger partial charge in [0.05, 0.1) is 17.2 Å². The molecule has 0 fully saturated rings. The molecule has 108 valence electrons. The summed E-state index contributed by atoms with van der Waals surface area (Å²) in [6.07, 6.45) is 8.58. The van der Waals surface area contributed by atoms with E-state index in [0.717, 1.165) is 11.5 Å². The predicted octanol–water partition coefficient (Wildman–Crippen LogP) is 4.56. The van der Waals surface area contributed by atoms with Crippen molar-refractivity contribution < 1.29 is 0 Å². The van der Waals surface area contributed by atoms with Crippen LogP contribution in [0.25, 0.3) is 10.8 Å². The number of aliphatic imine (C=N–C) groups is 2. The van der Waals surface area contributed by atoms with E-state index < -0.39 is 0 Å². The third-order valence-electron chi connectivity index (χ3n) is 4.62. The second-order valence-electron chi connectivity index (χ2n) is 6.13. The molecule has 2 atom stereocenters. The molecule has 2 nitrogen and oxygen atoms in total. The highest BCUT2D eigenvalue weighted by Gasteiger charge is 2.40. The first-order valence-corrected chi connectivity index (χ1v) is 7.66. The second-order valence-corrected chi connectivity index (χ2v) is 6.13. The van der Waals surface area contributed by atoms with Crippen molar-refractivity contribution in [3.8, 4) is 0 Å². The molecule has 0 amide bonds. The molecular weight excluding hydrogens is 268 g/mol. The van der Waals surface area contributed by atoms with E-state index in [2.05, 4.69) is 73.7 Å². The Balaban J connectivity index is 1.99. The van der Waals surface area contributed by atoms with E-state index in [9.17, 15) is 0 Å². The molecule has 0 radical (unpaired) electrons. The van der Waals surface area contributed by atoms with Gasteiger partial charge in [-0.15, -0.1) is 0 Å². The number of benzene rings is 2. The quantitative estimate of drug-likeness (QED) is 0.734. The minimum atomic E-state index is -0.182. The molecule has 0 saturated heterocycles. The Kier molecular flexibility index (Phi) is 2.86. The maximum atomic E-state index is 4.84. The fourth-order valence-electron chi connectivity index (χ4n) is 3.41. The predicted molar refractivity (Wildman–Crippen MR) is 93.8 cm³/mol. The minimum Gasteiger partial charge on any atom is -0.262 e. The molecule has 22 heavy (non-hydrogen) atoms. The molecule has 0 N–H and O–H groups in total. The van der Waals surface area contributed by atoms with Gasteiger partial charge >= 0.3 is 0 Å². The molecule has 1 aliphatic carbocycles. The largest absolute Gasteiger partial charge is 0.262 e. The van der Waals surface area contributed by atoms with Gasteiger partial charge in [-0.3, -0.25) is 4.99 Å². The molecule has 2 aliphatic rings. The van der Waals surface area contributed by atoms with Gasteiger partial charge in [0.2, 0.25) is 0 Å². The number of rotatable bonds is 1. The number of allylic oxidation sites excluding steroid dienone is 2. The Morgan fingerprint density at radius 1 is 1.00 bits per heavy atom. The standard InChI is InChI=1S/C20H18N2/c1-14-21-18-12-5-6-13-20(18,2)19(22-14)17-11-7-9-15-8-3-4-10-16(15)17/h3-13,18H,1-2H3. The van der Waals surface area contributed by atoms with Gasteiger partial charge in [-0.2, -0.15) is 0 Å².